The SMILES string of the molecule is CS(=O)(=O)Nc1ccc(Cl)c(S(=O)(=O)Nc2ccc(I)cc2)c1. The minimum atomic E-state index is -3.95. The van der Waals surface area contributed by atoms with Crippen molar-refractivity contribution < 1.29 is 16.8 Å². The highest BCUT2D eigenvalue weighted by Gasteiger charge is 2.19. The number of hydrogen-bond acceptors (Lipinski definition) is 4. The number of rotatable bonds is 5. The van der Waals surface area contributed by atoms with Crippen molar-refractivity contribution in [2.75, 3.05) is 15.7 Å². The summed E-state index contributed by atoms with van der Waals surface area (Å²) in [6.07, 6.45) is 0.972. The van der Waals surface area contributed by atoms with Gasteiger partial charge in [-0.15, -0.1) is 0 Å². The van der Waals surface area contributed by atoms with Gasteiger partial charge < -0.3 is 0 Å². The Morgan fingerprint density at radius 1 is 0.913 bits per heavy atom. The molecule has 0 bridgehead atoms. The van der Waals surface area contributed by atoms with Crippen LogP contribution in [0.1, 0.15) is 0 Å². The topological polar surface area (TPSA) is 92.3 Å². The van der Waals surface area contributed by atoms with Gasteiger partial charge in [0, 0.05) is 14.9 Å². The Balaban J connectivity index is 2.38. The highest BCUT2D eigenvalue weighted by atomic mass is 127. The lowest BCUT2D eigenvalue weighted by Gasteiger charge is -2.11. The van der Waals surface area contributed by atoms with E-state index in [1.54, 1.807) is 24.3 Å². The van der Waals surface area contributed by atoms with Gasteiger partial charge in [0.05, 0.1) is 11.3 Å². The van der Waals surface area contributed by atoms with Crippen LogP contribution in [0, 0.1) is 3.57 Å². The van der Waals surface area contributed by atoms with E-state index in [9.17, 15) is 16.8 Å². The molecule has 0 aliphatic heterocycles. The normalized spacial score (nSPS) is 12.0. The first kappa shape index (κ1) is 18.3. The van der Waals surface area contributed by atoms with E-state index >= 15 is 0 Å². The molecular formula is C13H12ClIN2O4S2. The molecule has 0 fully saturated rings. The van der Waals surface area contributed by atoms with Crippen LogP contribution in [-0.2, 0) is 20.0 Å². The second kappa shape index (κ2) is 6.83. The van der Waals surface area contributed by atoms with Crippen LogP contribution in [0.4, 0.5) is 11.4 Å². The van der Waals surface area contributed by atoms with Crippen LogP contribution in [0.2, 0.25) is 5.02 Å². The van der Waals surface area contributed by atoms with E-state index in [0.29, 0.717) is 5.69 Å². The van der Waals surface area contributed by atoms with Crippen LogP contribution in [0.25, 0.3) is 0 Å². The second-order valence-electron chi connectivity index (χ2n) is 4.63. The van der Waals surface area contributed by atoms with Crippen LogP contribution in [0.15, 0.2) is 47.4 Å². The van der Waals surface area contributed by atoms with Crippen molar-refractivity contribution in [3.8, 4) is 0 Å². The van der Waals surface area contributed by atoms with Gasteiger partial charge in [0.15, 0.2) is 0 Å². The van der Waals surface area contributed by atoms with Gasteiger partial charge in [-0.2, -0.15) is 0 Å². The summed E-state index contributed by atoms with van der Waals surface area (Å²) in [6, 6.07) is 10.6. The van der Waals surface area contributed by atoms with Gasteiger partial charge in [-0.05, 0) is 65.1 Å². The van der Waals surface area contributed by atoms with Gasteiger partial charge in [-0.25, -0.2) is 16.8 Å². The van der Waals surface area contributed by atoms with Crippen LogP contribution in [-0.4, -0.2) is 23.1 Å². The predicted molar refractivity (Wildman–Crippen MR) is 99.9 cm³/mol. The second-order valence-corrected chi connectivity index (χ2v) is 9.68. The summed E-state index contributed by atoms with van der Waals surface area (Å²) in [6.45, 7) is 0. The van der Waals surface area contributed by atoms with Crippen LogP contribution in [0.5, 0.6) is 0 Å². The Bertz CT molecular complexity index is 929. The fourth-order valence-corrected chi connectivity index (χ4v) is 4.22. The Morgan fingerprint density at radius 2 is 1.48 bits per heavy atom. The molecule has 2 N–H and O–H groups in total. The number of benzene rings is 2. The molecular weight excluding hydrogens is 475 g/mol. The Kier molecular flexibility index (Phi) is 5.44. The van der Waals surface area contributed by atoms with Crippen molar-refractivity contribution in [3.63, 3.8) is 0 Å². The highest BCUT2D eigenvalue weighted by Crippen LogP contribution is 2.27. The van der Waals surface area contributed by atoms with Gasteiger partial charge in [-0.1, -0.05) is 11.6 Å². The number of halogens is 2. The lowest BCUT2D eigenvalue weighted by atomic mass is 10.3. The van der Waals surface area contributed by atoms with Crippen molar-refractivity contribution in [1.29, 1.82) is 0 Å². The molecule has 6 nitrogen and oxygen atoms in total. The maximum Gasteiger partial charge on any atom is 0.263 e. The van der Waals surface area contributed by atoms with Gasteiger partial charge >= 0.3 is 0 Å². The van der Waals surface area contributed by atoms with Crippen LogP contribution in [0.3, 0.4) is 0 Å². The van der Waals surface area contributed by atoms with Crippen LogP contribution >= 0.6 is 34.2 Å². The predicted octanol–water partition coefficient (Wildman–Crippen LogP) is 3.12. The average Bonchev–Trinajstić information content (AvgIpc) is 2.41. The molecule has 0 amide bonds. The monoisotopic (exact) mass is 486 g/mol. The number of anilines is 2. The van der Waals surface area contributed by atoms with E-state index in [0.717, 1.165) is 9.83 Å². The number of hydrogen-bond donors (Lipinski definition) is 2. The average molecular weight is 487 g/mol. The van der Waals surface area contributed by atoms with Gasteiger partial charge in [-0.3, -0.25) is 9.44 Å². The fraction of sp³-hybridized carbons (Fsp3) is 0.0769. The molecule has 0 saturated heterocycles. The van der Waals surface area contributed by atoms with Gasteiger partial charge in [0.1, 0.15) is 4.90 Å². The van der Waals surface area contributed by atoms with Gasteiger partial charge in [0.2, 0.25) is 10.0 Å². The molecule has 10 heteroatoms. The minimum Gasteiger partial charge on any atom is -0.284 e. The molecule has 0 radical (unpaired) electrons. The summed E-state index contributed by atoms with van der Waals surface area (Å²) in [4.78, 5) is -0.216. The van der Waals surface area contributed by atoms with E-state index in [-0.39, 0.29) is 15.6 Å². The fourth-order valence-electron chi connectivity index (χ4n) is 1.71. The number of nitrogens with one attached hydrogen (secondary N) is 2. The van der Waals surface area contributed by atoms with E-state index < -0.39 is 20.0 Å². The maximum atomic E-state index is 12.5. The molecule has 0 aromatic heterocycles. The summed E-state index contributed by atoms with van der Waals surface area (Å²) in [5.74, 6) is 0. The molecule has 0 atom stereocenters. The molecule has 0 aliphatic rings. The molecule has 0 heterocycles. The smallest absolute Gasteiger partial charge is 0.263 e. The van der Waals surface area contributed by atoms with E-state index in [1.807, 2.05) is 0 Å². The Hall–Kier alpha value is -1.04. The third-order valence-corrected chi connectivity index (χ3v) is 5.81. The zero-order valence-corrected chi connectivity index (χ0v) is 16.3. The molecule has 0 unspecified atom stereocenters. The first-order valence-electron chi connectivity index (χ1n) is 6.12. The van der Waals surface area contributed by atoms with E-state index in [4.69, 9.17) is 11.6 Å². The molecule has 2 aromatic rings. The van der Waals surface area contributed by atoms with Crippen molar-refractivity contribution >= 4 is 65.6 Å². The lowest BCUT2D eigenvalue weighted by Crippen LogP contribution is -2.15. The van der Waals surface area contributed by atoms with Crippen molar-refractivity contribution in [2.45, 2.75) is 4.90 Å². The molecule has 0 saturated carbocycles. The molecule has 0 aliphatic carbocycles. The highest BCUT2D eigenvalue weighted by molar-refractivity contribution is 14.1. The first-order valence-corrected chi connectivity index (χ1v) is 11.0. The molecule has 0 spiro atoms. The third kappa shape index (κ3) is 5.23. The summed E-state index contributed by atoms with van der Waals surface area (Å²) >= 11 is 8.05. The first-order chi connectivity index (χ1) is 10.6. The maximum absolute atomic E-state index is 12.5. The Labute approximate surface area is 153 Å². The quantitative estimate of drug-likeness (QED) is 0.635. The zero-order chi connectivity index (χ0) is 17.3. The van der Waals surface area contributed by atoms with Gasteiger partial charge in [0.25, 0.3) is 10.0 Å². The van der Waals surface area contributed by atoms with Crippen molar-refractivity contribution in [2.24, 2.45) is 0 Å². The van der Waals surface area contributed by atoms with Crippen LogP contribution < -0.4 is 9.44 Å². The number of sulfonamides is 2. The van der Waals surface area contributed by atoms with E-state index in [2.05, 4.69) is 32.0 Å². The largest absolute Gasteiger partial charge is 0.284 e. The minimum absolute atomic E-state index is 0.0120. The summed E-state index contributed by atoms with van der Waals surface area (Å²) < 4.78 is 53.0. The molecule has 2 aromatic carbocycles. The standard InChI is InChI=1S/C13H12ClIN2O4S2/c1-22(18,19)16-11-6-7-12(14)13(8-11)23(20,21)17-10-4-2-9(15)3-5-10/h2-8,16-17H,1H3. The lowest BCUT2D eigenvalue weighted by molar-refractivity contribution is 0.600. The molecule has 23 heavy (non-hydrogen) atoms. The molecule has 124 valence electrons. The van der Waals surface area contributed by atoms with E-state index in [1.165, 1.54) is 18.2 Å². The third-order valence-electron chi connectivity index (χ3n) is 2.62. The van der Waals surface area contributed by atoms with Crippen molar-refractivity contribution in [1.82, 2.24) is 0 Å². The Morgan fingerprint density at radius 3 is 2.04 bits per heavy atom. The summed E-state index contributed by atoms with van der Waals surface area (Å²) in [5.41, 5.74) is 0.489. The summed E-state index contributed by atoms with van der Waals surface area (Å²) in [5, 5.41) is -0.0120. The summed E-state index contributed by atoms with van der Waals surface area (Å²) in [7, 11) is -7.48. The van der Waals surface area contributed by atoms with Crippen molar-refractivity contribution in [3.05, 3.63) is 51.1 Å². The zero-order valence-electron chi connectivity index (χ0n) is 11.7. The molecule has 2 rings (SSSR count).